The fourth-order valence-corrected chi connectivity index (χ4v) is 2.16. The van der Waals surface area contributed by atoms with Gasteiger partial charge in [0.25, 0.3) is 0 Å². The van der Waals surface area contributed by atoms with Crippen molar-refractivity contribution in [1.29, 1.82) is 0 Å². The molecule has 124 valence electrons. The van der Waals surface area contributed by atoms with Crippen LogP contribution >= 0.6 is 0 Å². The number of aryl methyl sites for hydroxylation is 2. The molecule has 0 aliphatic rings. The third kappa shape index (κ3) is 6.16. The molecule has 4 heteroatoms. The molecule has 0 saturated heterocycles. The Kier molecular flexibility index (Phi) is 6.43. The molecular formula is C20H22N2O2. The summed E-state index contributed by atoms with van der Waals surface area (Å²) in [6.45, 7) is 4.02. The lowest BCUT2D eigenvalue weighted by Crippen LogP contribution is -2.18. The van der Waals surface area contributed by atoms with E-state index in [2.05, 4.69) is 10.5 Å². The number of hydrazone groups is 1. The van der Waals surface area contributed by atoms with Crippen molar-refractivity contribution in [2.24, 2.45) is 5.10 Å². The van der Waals surface area contributed by atoms with E-state index in [0.29, 0.717) is 6.42 Å². The second kappa shape index (κ2) is 8.77. The summed E-state index contributed by atoms with van der Waals surface area (Å²) in [6.07, 6.45) is 2.32. The number of hydrogen-bond donors (Lipinski definition) is 1. The van der Waals surface area contributed by atoms with Crippen LogP contribution in [0.5, 0.6) is 0 Å². The molecule has 1 amide bonds. The van der Waals surface area contributed by atoms with Crippen LogP contribution in [0.4, 0.5) is 0 Å². The summed E-state index contributed by atoms with van der Waals surface area (Å²) in [7, 11) is 0. The van der Waals surface area contributed by atoms with E-state index in [9.17, 15) is 9.59 Å². The van der Waals surface area contributed by atoms with Gasteiger partial charge in [0.2, 0.25) is 5.91 Å². The maximum atomic E-state index is 11.9. The summed E-state index contributed by atoms with van der Waals surface area (Å²) in [5.41, 5.74) is 6.67. The Morgan fingerprint density at radius 2 is 1.50 bits per heavy atom. The van der Waals surface area contributed by atoms with Crippen molar-refractivity contribution in [3.63, 3.8) is 0 Å². The normalized spacial score (nSPS) is 10.8. The minimum Gasteiger partial charge on any atom is -0.299 e. The van der Waals surface area contributed by atoms with Crippen LogP contribution in [0.15, 0.2) is 53.6 Å². The number of amides is 1. The zero-order valence-corrected chi connectivity index (χ0v) is 14.1. The van der Waals surface area contributed by atoms with Gasteiger partial charge in [0.1, 0.15) is 5.78 Å². The molecule has 0 heterocycles. The van der Waals surface area contributed by atoms with Crippen LogP contribution in [-0.4, -0.2) is 17.9 Å². The highest BCUT2D eigenvalue weighted by Crippen LogP contribution is 2.06. The third-order valence-corrected chi connectivity index (χ3v) is 3.63. The molecule has 2 rings (SSSR count). The number of carbonyl (C=O) groups excluding carboxylic acids is 2. The van der Waals surface area contributed by atoms with Crippen LogP contribution in [0.25, 0.3) is 0 Å². The number of nitrogens with zero attached hydrogens (tertiary/aromatic N) is 1. The summed E-state index contributed by atoms with van der Waals surface area (Å²) in [5.74, 6) is -0.202. The van der Waals surface area contributed by atoms with Gasteiger partial charge < -0.3 is 0 Å². The van der Waals surface area contributed by atoms with Crippen molar-refractivity contribution in [2.45, 2.75) is 33.1 Å². The zero-order valence-electron chi connectivity index (χ0n) is 14.1. The molecular weight excluding hydrogens is 300 g/mol. The van der Waals surface area contributed by atoms with E-state index in [-0.39, 0.29) is 24.5 Å². The summed E-state index contributed by atoms with van der Waals surface area (Å²) < 4.78 is 0. The number of nitrogens with one attached hydrogen (secondary N) is 1. The Morgan fingerprint density at radius 1 is 0.917 bits per heavy atom. The quantitative estimate of drug-likeness (QED) is 0.628. The van der Waals surface area contributed by atoms with Crippen LogP contribution in [0.3, 0.4) is 0 Å². The average molecular weight is 322 g/mol. The fourth-order valence-electron chi connectivity index (χ4n) is 2.16. The molecule has 2 aromatic carbocycles. The Hall–Kier alpha value is -2.75. The lowest BCUT2D eigenvalue weighted by Gasteiger charge is -2.02. The SMILES string of the molecule is Cc1ccc(/C=N/NC(=O)CCC(=O)Cc2ccc(C)cc2)cc1. The van der Waals surface area contributed by atoms with Crippen LogP contribution < -0.4 is 5.43 Å². The maximum Gasteiger partial charge on any atom is 0.240 e. The molecule has 1 N–H and O–H groups in total. The molecule has 0 aliphatic carbocycles. The van der Waals surface area contributed by atoms with Crippen LogP contribution in [-0.2, 0) is 16.0 Å². The van der Waals surface area contributed by atoms with Gasteiger partial charge in [-0.25, -0.2) is 5.43 Å². The van der Waals surface area contributed by atoms with E-state index >= 15 is 0 Å². The number of carbonyl (C=O) groups is 2. The van der Waals surface area contributed by atoms with Crippen molar-refractivity contribution in [3.8, 4) is 0 Å². The Labute approximate surface area is 142 Å². The molecule has 0 bridgehead atoms. The molecule has 0 fully saturated rings. The van der Waals surface area contributed by atoms with E-state index in [4.69, 9.17) is 0 Å². The van der Waals surface area contributed by atoms with Crippen molar-refractivity contribution < 1.29 is 9.59 Å². The predicted molar refractivity (Wildman–Crippen MR) is 96.0 cm³/mol. The molecule has 0 unspecified atom stereocenters. The van der Waals surface area contributed by atoms with E-state index in [1.807, 2.05) is 62.4 Å². The van der Waals surface area contributed by atoms with Gasteiger partial charge in [-0.15, -0.1) is 0 Å². The topological polar surface area (TPSA) is 58.5 Å². The highest BCUT2D eigenvalue weighted by atomic mass is 16.2. The minimum absolute atomic E-state index is 0.0523. The molecule has 0 radical (unpaired) electrons. The lowest BCUT2D eigenvalue weighted by molar-refractivity contribution is -0.125. The highest BCUT2D eigenvalue weighted by Gasteiger charge is 2.07. The first-order chi connectivity index (χ1) is 11.5. The standard InChI is InChI=1S/C20H22N2O2/c1-15-3-7-17(8-4-15)13-19(23)11-12-20(24)22-21-14-18-9-5-16(2)6-10-18/h3-10,14H,11-13H2,1-2H3,(H,22,24)/b21-14+. The van der Waals surface area contributed by atoms with Gasteiger partial charge in [-0.1, -0.05) is 59.7 Å². The molecule has 0 atom stereocenters. The summed E-state index contributed by atoms with van der Waals surface area (Å²) in [6, 6.07) is 15.7. The smallest absolute Gasteiger partial charge is 0.240 e. The molecule has 0 aliphatic heterocycles. The van der Waals surface area contributed by atoms with Crippen molar-refractivity contribution >= 4 is 17.9 Å². The second-order valence-corrected chi connectivity index (χ2v) is 5.90. The Morgan fingerprint density at radius 3 is 2.12 bits per heavy atom. The van der Waals surface area contributed by atoms with Crippen LogP contribution in [0, 0.1) is 13.8 Å². The number of rotatable bonds is 7. The monoisotopic (exact) mass is 322 g/mol. The number of hydrogen-bond acceptors (Lipinski definition) is 3. The van der Waals surface area contributed by atoms with Crippen LogP contribution in [0.1, 0.15) is 35.1 Å². The molecule has 0 saturated carbocycles. The molecule has 0 aromatic heterocycles. The van der Waals surface area contributed by atoms with Gasteiger partial charge in [-0.05, 0) is 25.0 Å². The minimum atomic E-state index is -0.254. The molecule has 0 spiro atoms. The molecule has 4 nitrogen and oxygen atoms in total. The van der Waals surface area contributed by atoms with Crippen molar-refractivity contribution in [2.75, 3.05) is 0 Å². The first kappa shape index (κ1) is 17.6. The fraction of sp³-hybridized carbons (Fsp3) is 0.250. The zero-order chi connectivity index (χ0) is 17.4. The number of benzene rings is 2. The predicted octanol–water partition coefficient (Wildman–Crippen LogP) is 3.35. The summed E-state index contributed by atoms with van der Waals surface area (Å²) in [4.78, 5) is 23.6. The van der Waals surface area contributed by atoms with Gasteiger partial charge in [-0.2, -0.15) is 5.10 Å². The summed E-state index contributed by atoms with van der Waals surface area (Å²) in [5, 5.41) is 3.91. The second-order valence-electron chi connectivity index (χ2n) is 5.90. The van der Waals surface area contributed by atoms with E-state index in [1.54, 1.807) is 6.21 Å². The first-order valence-corrected chi connectivity index (χ1v) is 7.99. The Bertz CT molecular complexity index is 716. The van der Waals surface area contributed by atoms with Gasteiger partial charge in [-0.3, -0.25) is 9.59 Å². The lowest BCUT2D eigenvalue weighted by atomic mass is 10.0. The first-order valence-electron chi connectivity index (χ1n) is 7.99. The number of Topliss-reactive ketones (excluding diaryl/α,β-unsaturated/α-hetero) is 1. The van der Waals surface area contributed by atoms with E-state index < -0.39 is 0 Å². The van der Waals surface area contributed by atoms with Crippen molar-refractivity contribution in [3.05, 3.63) is 70.8 Å². The summed E-state index contributed by atoms with van der Waals surface area (Å²) >= 11 is 0. The molecule has 2 aromatic rings. The Balaban J connectivity index is 1.71. The van der Waals surface area contributed by atoms with E-state index in [1.165, 1.54) is 5.56 Å². The van der Waals surface area contributed by atoms with Crippen LogP contribution in [0.2, 0.25) is 0 Å². The van der Waals surface area contributed by atoms with Crippen molar-refractivity contribution in [1.82, 2.24) is 5.43 Å². The van der Waals surface area contributed by atoms with Gasteiger partial charge in [0, 0.05) is 19.3 Å². The number of ketones is 1. The third-order valence-electron chi connectivity index (χ3n) is 3.63. The maximum absolute atomic E-state index is 11.9. The van der Waals surface area contributed by atoms with Gasteiger partial charge in [0.05, 0.1) is 6.21 Å². The van der Waals surface area contributed by atoms with Gasteiger partial charge >= 0.3 is 0 Å². The largest absolute Gasteiger partial charge is 0.299 e. The highest BCUT2D eigenvalue weighted by molar-refractivity contribution is 5.87. The van der Waals surface area contributed by atoms with Gasteiger partial charge in [0.15, 0.2) is 0 Å². The van der Waals surface area contributed by atoms with E-state index in [0.717, 1.165) is 16.7 Å². The molecule has 24 heavy (non-hydrogen) atoms. The average Bonchev–Trinajstić information content (AvgIpc) is 2.57.